The maximum atomic E-state index is 12.8. The number of piperidine rings is 1. The third-order valence-corrected chi connectivity index (χ3v) is 6.20. The van der Waals surface area contributed by atoms with E-state index >= 15 is 0 Å². The molecule has 9 heteroatoms. The van der Waals surface area contributed by atoms with Crippen LogP contribution < -0.4 is 10.7 Å². The van der Waals surface area contributed by atoms with Gasteiger partial charge in [0.2, 0.25) is 0 Å². The number of aliphatic carboxylic acids is 1. The van der Waals surface area contributed by atoms with Gasteiger partial charge in [-0.3, -0.25) is 10.2 Å². The van der Waals surface area contributed by atoms with E-state index in [2.05, 4.69) is 35.0 Å². The highest BCUT2D eigenvalue weighted by molar-refractivity contribution is 5.79. The van der Waals surface area contributed by atoms with Crippen molar-refractivity contribution in [1.82, 2.24) is 15.8 Å². The minimum absolute atomic E-state index is 0.0429. The predicted octanol–water partition coefficient (Wildman–Crippen LogP) is 2.37. The Balaban J connectivity index is 1.20. The molecule has 4 rings (SSSR count). The van der Waals surface area contributed by atoms with Crippen LogP contribution in [0.1, 0.15) is 29.9 Å². The number of hydrogen-bond donors (Lipinski definition) is 3. The zero-order chi connectivity index (χ0) is 23.9. The fraction of sp³-hybridized carbons (Fsp3) is 0.400. The molecule has 2 aliphatic rings. The zero-order valence-corrected chi connectivity index (χ0v) is 18.9. The van der Waals surface area contributed by atoms with E-state index in [-0.39, 0.29) is 31.0 Å². The number of hydrazine groups is 1. The molecular weight excluding hydrogens is 438 g/mol. The van der Waals surface area contributed by atoms with Gasteiger partial charge in [0.25, 0.3) is 0 Å². The van der Waals surface area contributed by atoms with Crippen molar-refractivity contribution < 1.29 is 29.0 Å². The number of benzene rings is 2. The standard InChI is InChI=1S/C25H29N3O6/c29-23(30)16-33-14-11-26-25(32)27-28-12-9-17(10-13-28)24(31)34-15-22-20-7-3-1-5-18(20)19-6-2-4-8-21(19)22/h1-8,17,22H,9-16H2,(H,29,30)(H2,26,27,32). The molecule has 0 aromatic heterocycles. The highest BCUT2D eigenvalue weighted by Crippen LogP contribution is 2.44. The van der Waals surface area contributed by atoms with Crippen molar-refractivity contribution in [1.29, 1.82) is 0 Å². The van der Waals surface area contributed by atoms with Crippen LogP contribution in [0.25, 0.3) is 11.1 Å². The number of nitrogens with zero attached hydrogens (tertiary/aromatic N) is 1. The number of nitrogens with one attached hydrogen (secondary N) is 2. The molecule has 1 saturated heterocycles. The predicted molar refractivity (Wildman–Crippen MR) is 124 cm³/mol. The molecule has 0 spiro atoms. The zero-order valence-electron chi connectivity index (χ0n) is 18.9. The number of urea groups is 1. The monoisotopic (exact) mass is 467 g/mol. The summed E-state index contributed by atoms with van der Waals surface area (Å²) in [5.74, 6) is -1.40. The van der Waals surface area contributed by atoms with E-state index in [1.54, 1.807) is 5.01 Å². The molecule has 2 aromatic rings. The lowest BCUT2D eigenvalue weighted by molar-refractivity contribution is -0.150. The first kappa shape index (κ1) is 23.7. The van der Waals surface area contributed by atoms with Crippen molar-refractivity contribution >= 4 is 18.0 Å². The van der Waals surface area contributed by atoms with Gasteiger partial charge in [0.05, 0.1) is 12.5 Å². The molecule has 1 fully saturated rings. The molecular formula is C25H29N3O6. The summed E-state index contributed by atoms with van der Waals surface area (Å²) in [6.45, 7) is 1.32. The van der Waals surface area contributed by atoms with Gasteiger partial charge in [-0.25, -0.2) is 14.6 Å². The summed E-state index contributed by atoms with van der Waals surface area (Å²) < 4.78 is 10.6. The molecule has 0 saturated carbocycles. The third-order valence-electron chi connectivity index (χ3n) is 6.20. The Morgan fingerprint density at radius 1 is 0.971 bits per heavy atom. The average Bonchev–Trinajstić information content (AvgIpc) is 3.16. The van der Waals surface area contributed by atoms with E-state index in [9.17, 15) is 14.4 Å². The minimum atomic E-state index is -1.05. The summed E-state index contributed by atoms with van der Waals surface area (Å²) >= 11 is 0. The van der Waals surface area contributed by atoms with E-state index < -0.39 is 18.6 Å². The largest absolute Gasteiger partial charge is 0.480 e. The second-order valence-electron chi connectivity index (χ2n) is 8.43. The Kier molecular flexibility index (Phi) is 7.76. The number of hydrogen-bond acceptors (Lipinski definition) is 6. The number of rotatable bonds is 9. The van der Waals surface area contributed by atoms with Gasteiger partial charge in [-0.05, 0) is 35.1 Å². The second kappa shape index (κ2) is 11.1. The van der Waals surface area contributed by atoms with E-state index in [1.165, 1.54) is 22.3 Å². The van der Waals surface area contributed by atoms with Crippen molar-refractivity contribution in [2.75, 3.05) is 39.5 Å². The van der Waals surface area contributed by atoms with Crippen molar-refractivity contribution in [3.8, 4) is 11.1 Å². The fourth-order valence-corrected chi connectivity index (χ4v) is 4.53. The first-order valence-corrected chi connectivity index (χ1v) is 11.5. The van der Waals surface area contributed by atoms with E-state index in [0.717, 1.165) is 0 Å². The molecule has 34 heavy (non-hydrogen) atoms. The van der Waals surface area contributed by atoms with Gasteiger partial charge in [0, 0.05) is 25.6 Å². The highest BCUT2D eigenvalue weighted by Gasteiger charge is 2.31. The number of carbonyl (C=O) groups excluding carboxylic acids is 2. The summed E-state index contributed by atoms with van der Waals surface area (Å²) in [5, 5.41) is 12.9. The number of esters is 1. The van der Waals surface area contributed by atoms with Crippen LogP contribution in [-0.4, -0.2) is 67.5 Å². The molecule has 180 valence electrons. The van der Waals surface area contributed by atoms with Gasteiger partial charge in [-0.1, -0.05) is 48.5 Å². The van der Waals surface area contributed by atoms with Crippen molar-refractivity contribution in [2.45, 2.75) is 18.8 Å². The quantitative estimate of drug-likeness (QED) is 0.383. The molecule has 1 heterocycles. The summed E-state index contributed by atoms with van der Waals surface area (Å²) in [6, 6.07) is 16.1. The van der Waals surface area contributed by atoms with Crippen LogP contribution in [0.4, 0.5) is 4.79 Å². The maximum Gasteiger partial charge on any atom is 0.329 e. The Bertz CT molecular complexity index is 989. The van der Waals surface area contributed by atoms with Gasteiger partial charge in [-0.15, -0.1) is 0 Å². The number of amides is 2. The molecule has 2 aromatic carbocycles. The third kappa shape index (κ3) is 5.73. The lowest BCUT2D eigenvalue weighted by Gasteiger charge is -2.31. The molecule has 0 atom stereocenters. The van der Waals surface area contributed by atoms with Crippen LogP contribution in [0.2, 0.25) is 0 Å². The molecule has 0 unspecified atom stereocenters. The van der Waals surface area contributed by atoms with Crippen molar-refractivity contribution in [3.05, 3.63) is 59.7 Å². The molecule has 0 radical (unpaired) electrons. The molecule has 3 N–H and O–H groups in total. The topological polar surface area (TPSA) is 117 Å². The molecule has 0 bridgehead atoms. The van der Waals surface area contributed by atoms with Crippen LogP contribution in [-0.2, 0) is 19.1 Å². The Hall–Kier alpha value is -3.43. The first-order chi connectivity index (χ1) is 16.5. The van der Waals surface area contributed by atoms with Gasteiger partial charge in [0.15, 0.2) is 0 Å². The van der Waals surface area contributed by atoms with Crippen molar-refractivity contribution in [3.63, 3.8) is 0 Å². The van der Waals surface area contributed by atoms with Gasteiger partial charge in [0.1, 0.15) is 13.2 Å². The lowest BCUT2D eigenvalue weighted by Crippen LogP contribution is -2.51. The first-order valence-electron chi connectivity index (χ1n) is 11.5. The lowest BCUT2D eigenvalue weighted by atomic mass is 9.96. The summed E-state index contributed by atoms with van der Waals surface area (Å²) in [6.07, 6.45) is 1.19. The molecule has 2 amide bonds. The van der Waals surface area contributed by atoms with Gasteiger partial charge < -0.3 is 19.9 Å². The van der Waals surface area contributed by atoms with E-state index in [4.69, 9.17) is 14.6 Å². The van der Waals surface area contributed by atoms with Gasteiger partial charge >= 0.3 is 18.0 Å². The Morgan fingerprint density at radius 3 is 2.21 bits per heavy atom. The minimum Gasteiger partial charge on any atom is -0.480 e. The number of fused-ring (bicyclic) bond motifs is 3. The average molecular weight is 468 g/mol. The van der Waals surface area contributed by atoms with Crippen LogP contribution >= 0.6 is 0 Å². The molecule has 1 aliphatic heterocycles. The van der Waals surface area contributed by atoms with Crippen LogP contribution in [0, 0.1) is 5.92 Å². The van der Waals surface area contributed by atoms with Crippen LogP contribution in [0.5, 0.6) is 0 Å². The van der Waals surface area contributed by atoms with Crippen LogP contribution in [0.3, 0.4) is 0 Å². The summed E-state index contributed by atoms with van der Waals surface area (Å²) in [5.41, 5.74) is 7.51. The molecule has 9 nitrogen and oxygen atoms in total. The second-order valence-corrected chi connectivity index (χ2v) is 8.43. The number of carbonyl (C=O) groups is 3. The number of ether oxygens (including phenoxy) is 2. The number of carboxylic acid groups (broad SMARTS) is 1. The van der Waals surface area contributed by atoms with Crippen molar-refractivity contribution in [2.24, 2.45) is 5.92 Å². The number of carboxylic acids is 1. The Morgan fingerprint density at radius 2 is 1.59 bits per heavy atom. The summed E-state index contributed by atoms with van der Waals surface area (Å²) in [4.78, 5) is 35.1. The smallest absolute Gasteiger partial charge is 0.329 e. The van der Waals surface area contributed by atoms with Crippen LogP contribution in [0.15, 0.2) is 48.5 Å². The normalized spacial score (nSPS) is 15.9. The SMILES string of the molecule is O=C(O)COCCNC(=O)NN1CCC(C(=O)OCC2c3ccccc3-c3ccccc32)CC1. The highest BCUT2D eigenvalue weighted by atomic mass is 16.5. The van der Waals surface area contributed by atoms with E-state index in [1.807, 2.05) is 24.3 Å². The maximum absolute atomic E-state index is 12.8. The van der Waals surface area contributed by atoms with E-state index in [0.29, 0.717) is 32.5 Å². The van der Waals surface area contributed by atoms with Gasteiger partial charge in [-0.2, -0.15) is 0 Å². The summed E-state index contributed by atoms with van der Waals surface area (Å²) in [7, 11) is 0. The molecule has 1 aliphatic carbocycles. The Labute approximate surface area is 198 Å². The fourth-order valence-electron chi connectivity index (χ4n) is 4.53.